The highest BCUT2D eigenvalue weighted by atomic mass is 79.9. The van der Waals surface area contributed by atoms with Gasteiger partial charge in [-0.1, -0.05) is 22.9 Å². The minimum Gasteiger partial charge on any atom is -0.480 e. The van der Waals surface area contributed by atoms with Crippen LogP contribution in [0.5, 0.6) is 0 Å². The van der Waals surface area contributed by atoms with E-state index < -0.39 is 12.0 Å². The molecule has 2 atom stereocenters. The minimum absolute atomic E-state index is 0.168. The van der Waals surface area contributed by atoms with Crippen LogP contribution >= 0.6 is 15.9 Å². The second kappa shape index (κ2) is 6.39. The molecule has 1 aromatic carbocycles. The lowest BCUT2D eigenvalue weighted by Crippen LogP contribution is -2.43. The van der Waals surface area contributed by atoms with Gasteiger partial charge in [-0.25, -0.2) is 0 Å². The van der Waals surface area contributed by atoms with E-state index in [2.05, 4.69) is 38.3 Å². The van der Waals surface area contributed by atoms with Gasteiger partial charge in [-0.3, -0.25) is 4.79 Å². The zero-order valence-corrected chi connectivity index (χ0v) is 12.6. The molecule has 2 N–H and O–H groups in total. The predicted molar refractivity (Wildman–Crippen MR) is 79.6 cm³/mol. The summed E-state index contributed by atoms with van der Waals surface area (Å²) >= 11 is 3.42. The Morgan fingerprint density at radius 1 is 1.53 bits per heavy atom. The zero-order valence-electron chi connectivity index (χ0n) is 11.0. The summed E-state index contributed by atoms with van der Waals surface area (Å²) in [6.45, 7) is 4.34. The molecule has 0 radical (unpaired) electrons. The molecule has 0 aliphatic carbocycles. The van der Waals surface area contributed by atoms with E-state index in [0.29, 0.717) is 6.54 Å². The molecule has 0 amide bonds. The number of anilines is 1. The van der Waals surface area contributed by atoms with Crippen molar-refractivity contribution in [3.8, 4) is 0 Å². The molecule has 1 aliphatic rings. The molecule has 4 nitrogen and oxygen atoms in total. The molecule has 19 heavy (non-hydrogen) atoms. The molecule has 1 heterocycles. The molecule has 1 aromatic rings. The molecular weight excluding hydrogens is 308 g/mol. The molecule has 104 valence electrons. The summed E-state index contributed by atoms with van der Waals surface area (Å²) in [5, 5.41) is 12.3. The third kappa shape index (κ3) is 3.48. The molecule has 0 aromatic heterocycles. The van der Waals surface area contributed by atoms with Gasteiger partial charge in [-0.15, -0.1) is 0 Å². The first kappa shape index (κ1) is 14.3. The lowest BCUT2D eigenvalue weighted by Gasteiger charge is -2.22. The number of carboxylic acids is 1. The summed E-state index contributed by atoms with van der Waals surface area (Å²) in [7, 11) is 0. The van der Waals surface area contributed by atoms with Gasteiger partial charge in [0.15, 0.2) is 0 Å². The fourth-order valence-corrected chi connectivity index (χ4v) is 2.89. The Hall–Kier alpha value is -1.07. The second-order valence-electron chi connectivity index (χ2n) is 4.84. The van der Waals surface area contributed by atoms with E-state index >= 15 is 0 Å². The average molecular weight is 327 g/mol. The van der Waals surface area contributed by atoms with Gasteiger partial charge >= 0.3 is 5.97 Å². The molecule has 1 saturated heterocycles. The van der Waals surface area contributed by atoms with Crippen molar-refractivity contribution in [2.24, 2.45) is 5.92 Å². The van der Waals surface area contributed by atoms with Crippen LogP contribution in [0.2, 0.25) is 0 Å². The number of rotatable bonds is 5. The summed E-state index contributed by atoms with van der Waals surface area (Å²) in [6, 6.07) is 7.72. The van der Waals surface area contributed by atoms with E-state index in [-0.39, 0.29) is 5.92 Å². The number of likely N-dealkylation sites (N-methyl/N-ethyl adjacent to an activating group) is 1. The van der Waals surface area contributed by atoms with Crippen molar-refractivity contribution in [3.05, 3.63) is 28.7 Å². The third-order valence-corrected chi connectivity index (χ3v) is 4.11. The fourth-order valence-electron chi connectivity index (χ4n) is 2.62. The average Bonchev–Trinajstić information content (AvgIpc) is 2.85. The smallest absolute Gasteiger partial charge is 0.321 e. The van der Waals surface area contributed by atoms with Crippen LogP contribution in [0.4, 0.5) is 5.69 Å². The Labute approximate surface area is 121 Å². The maximum atomic E-state index is 11.3. The van der Waals surface area contributed by atoms with Crippen LogP contribution in [0.15, 0.2) is 28.7 Å². The largest absolute Gasteiger partial charge is 0.480 e. The number of halogens is 1. The lowest BCUT2D eigenvalue weighted by atomic mass is 9.99. The highest BCUT2D eigenvalue weighted by molar-refractivity contribution is 9.10. The van der Waals surface area contributed by atoms with Gasteiger partial charge in [0.1, 0.15) is 6.04 Å². The van der Waals surface area contributed by atoms with Crippen LogP contribution in [0, 0.1) is 5.92 Å². The summed E-state index contributed by atoms with van der Waals surface area (Å²) in [5.41, 5.74) is 1.16. The Bertz CT molecular complexity index is 436. The Morgan fingerprint density at radius 2 is 2.21 bits per heavy atom. The van der Waals surface area contributed by atoms with E-state index in [4.69, 9.17) is 0 Å². The van der Waals surface area contributed by atoms with E-state index in [0.717, 1.165) is 29.7 Å². The molecule has 1 fully saturated rings. The minimum atomic E-state index is -0.746. The van der Waals surface area contributed by atoms with Crippen molar-refractivity contribution >= 4 is 27.6 Å². The number of carboxylic acid groups (broad SMARTS) is 1. The number of benzene rings is 1. The van der Waals surface area contributed by atoms with Crippen molar-refractivity contribution in [1.29, 1.82) is 0 Å². The maximum Gasteiger partial charge on any atom is 0.321 e. The monoisotopic (exact) mass is 326 g/mol. The van der Waals surface area contributed by atoms with Gasteiger partial charge in [0.2, 0.25) is 0 Å². The maximum absolute atomic E-state index is 11.3. The predicted octanol–water partition coefficient (Wildman–Crippen LogP) is 2.34. The standard InChI is InChI=1S/C14H19BrN2O2/c1-2-16-13(14(18)19)10-7-8-17(9-10)12-5-3-11(15)4-6-12/h3-6,10,13,16H,2,7-9H2,1H3,(H,18,19). The highest BCUT2D eigenvalue weighted by Crippen LogP contribution is 2.27. The zero-order chi connectivity index (χ0) is 13.8. The molecule has 0 bridgehead atoms. The fraction of sp³-hybridized carbons (Fsp3) is 0.500. The van der Waals surface area contributed by atoms with Gasteiger partial charge < -0.3 is 15.3 Å². The van der Waals surface area contributed by atoms with E-state index in [1.807, 2.05) is 19.1 Å². The van der Waals surface area contributed by atoms with Crippen molar-refractivity contribution in [2.75, 3.05) is 24.5 Å². The SMILES string of the molecule is CCNC(C(=O)O)C1CCN(c2ccc(Br)cc2)C1. The number of nitrogens with zero attached hydrogens (tertiary/aromatic N) is 1. The molecule has 0 spiro atoms. The van der Waals surface area contributed by atoms with Gasteiger partial charge in [-0.05, 0) is 37.2 Å². The van der Waals surface area contributed by atoms with Gasteiger partial charge in [0.05, 0.1) is 0 Å². The van der Waals surface area contributed by atoms with Crippen LogP contribution in [0.3, 0.4) is 0 Å². The summed E-state index contributed by atoms with van der Waals surface area (Å²) in [4.78, 5) is 13.5. The number of carbonyl (C=O) groups is 1. The van der Waals surface area contributed by atoms with Crippen molar-refractivity contribution in [3.63, 3.8) is 0 Å². The quantitative estimate of drug-likeness (QED) is 0.872. The van der Waals surface area contributed by atoms with Gasteiger partial charge in [0.25, 0.3) is 0 Å². The van der Waals surface area contributed by atoms with Gasteiger partial charge in [-0.2, -0.15) is 0 Å². The Kier molecular flexibility index (Phi) is 4.82. The van der Waals surface area contributed by atoms with Crippen LogP contribution in [-0.2, 0) is 4.79 Å². The number of aliphatic carboxylic acids is 1. The van der Waals surface area contributed by atoms with Crippen LogP contribution in [0.1, 0.15) is 13.3 Å². The van der Waals surface area contributed by atoms with Crippen molar-refractivity contribution < 1.29 is 9.90 Å². The normalized spacial score (nSPS) is 20.5. The number of nitrogens with one attached hydrogen (secondary N) is 1. The number of hydrogen-bond donors (Lipinski definition) is 2. The topological polar surface area (TPSA) is 52.6 Å². The first-order chi connectivity index (χ1) is 9.11. The van der Waals surface area contributed by atoms with Crippen LogP contribution < -0.4 is 10.2 Å². The van der Waals surface area contributed by atoms with E-state index in [1.165, 1.54) is 0 Å². The van der Waals surface area contributed by atoms with E-state index in [9.17, 15) is 9.90 Å². The summed E-state index contributed by atoms with van der Waals surface area (Å²) < 4.78 is 1.06. The van der Waals surface area contributed by atoms with Crippen molar-refractivity contribution in [2.45, 2.75) is 19.4 Å². The lowest BCUT2D eigenvalue weighted by molar-refractivity contribution is -0.140. The van der Waals surface area contributed by atoms with Crippen molar-refractivity contribution in [1.82, 2.24) is 5.32 Å². The first-order valence-corrected chi connectivity index (χ1v) is 7.37. The van der Waals surface area contributed by atoms with Gasteiger partial charge in [0, 0.05) is 29.2 Å². The number of hydrogen-bond acceptors (Lipinski definition) is 3. The Morgan fingerprint density at radius 3 is 2.79 bits per heavy atom. The molecule has 2 rings (SSSR count). The molecule has 2 unspecified atom stereocenters. The third-order valence-electron chi connectivity index (χ3n) is 3.58. The molecule has 5 heteroatoms. The second-order valence-corrected chi connectivity index (χ2v) is 5.76. The molecular formula is C14H19BrN2O2. The van der Waals surface area contributed by atoms with Crippen LogP contribution in [0.25, 0.3) is 0 Å². The molecule has 0 saturated carbocycles. The summed E-state index contributed by atoms with van der Waals surface area (Å²) in [6.07, 6.45) is 0.917. The Balaban J connectivity index is 2.02. The van der Waals surface area contributed by atoms with E-state index in [1.54, 1.807) is 0 Å². The highest BCUT2D eigenvalue weighted by Gasteiger charge is 2.33. The van der Waals surface area contributed by atoms with Crippen LogP contribution in [-0.4, -0.2) is 36.8 Å². The summed E-state index contributed by atoms with van der Waals surface area (Å²) in [5.74, 6) is -0.578. The first-order valence-electron chi connectivity index (χ1n) is 6.58. The molecule has 1 aliphatic heterocycles.